The number of likely N-dealkylation sites (tertiary alicyclic amines) is 1. The summed E-state index contributed by atoms with van der Waals surface area (Å²) in [5, 5.41) is 3.45. The fourth-order valence-corrected chi connectivity index (χ4v) is 3.15. The SMILES string of the molecule is CCNC(=NCC(C)N(C)c1ccccc1)N1CCC(OCC)CC1.I. The number of aliphatic imine (C=N–C) groups is 1. The van der Waals surface area contributed by atoms with Crippen molar-refractivity contribution in [2.45, 2.75) is 45.8 Å². The highest BCUT2D eigenvalue weighted by atomic mass is 127. The molecule has 0 radical (unpaired) electrons. The van der Waals surface area contributed by atoms with Crippen LogP contribution >= 0.6 is 24.0 Å². The molecule has 1 aliphatic rings. The van der Waals surface area contributed by atoms with Gasteiger partial charge in [0.05, 0.1) is 12.6 Å². The van der Waals surface area contributed by atoms with Gasteiger partial charge in [-0.1, -0.05) is 18.2 Å². The van der Waals surface area contributed by atoms with Crippen molar-refractivity contribution in [2.24, 2.45) is 4.99 Å². The molecule has 0 aromatic heterocycles. The lowest BCUT2D eigenvalue weighted by Crippen LogP contribution is -2.47. The molecule has 0 amide bonds. The number of anilines is 1. The van der Waals surface area contributed by atoms with Crippen LogP contribution in [0, 0.1) is 0 Å². The van der Waals surface area contributed by atoms with Crippen molar-refractivity contribution < 1.29 is 4.74 Å². The number of rotatable bonds is 7. The van der Waals surface area contributed by atoms with E-state index >= 15 is 0 Å². The Labute approximate surface area is 176 Å². The Hall–Kier alpha value is -1.02. The Morgan fingerprint density at radius 2 is 1.92 bits per heavy atom. The van der Waals surface area contributed by atoms with E-state index in [0.717, 1.165) is 51.6 Å². The van der Waals surface area contributed by atoms with E-state index in [9.17, 15) is 0 Å². The lowest BCUT2D eigenvalue weighted by Gasteiger charge is -2.34. The van der Waals surface area contributed by atoms with E-state index in [-0.39, 0.29) is 24.0 Å². The van der Waals surface area contributed by atoms with Gasteiger partial charge >= 0.3 is 0 Å². The van der Waals surface area contributed by atoms with Crippen LogP contribution in [0.15, 0.2) is 35.3 Å². The monoisotopic (exact) mass is 474 g/mol. The molecule has 0 bridgehead atoms. The average molecular weight is 474 g/mol. The van der Waals surface area contributed by atoms with Crippen LogP contribution < -0.4 is 10.2 Å². The highest BCUT2D eigenvalue weighted by Crippen LogP contribution is 2.16. The predicted molar refractivity (Wildman–Crippen MR) is 122 cm³/mol. The number of para-hydroxylation sites is 1. The minimum absolute atomic E-state index is 0. The molecular formula is C20H35IN4O. The molecule has 1 heterocycles. The molecule has 1 atom stereocenters. The number of hydrogen-bond donors (Lipinski definition) is 1. The average Bonchev–Trinajstić information content (AvgIpc) is 2.66. The van der Waals surface area contributed by atoms with Gasteiger partial charge in [0.2, 0.25) is 0 Å². The molecule has 1 saturated heterocycles. The summed E-state index contributed by atoms with van der Waals surface area (Å²) in [5.41, 5.74) is 1.23. The fraction of sp³-hybridized carbons (Fsp3) is 0.650. The number of hydrogen-bond acceptors (Lipinski definition) is 3. The quantitative estimate of drug-likeness (QED) is 0.373. The molecule has 0 spiro atoms. The molecule has 6 heteroatoms. The van der Waals surface area contributed by atoms with Gasteiger partial charge in [-0.05, 0) is 45.7 Å². The summed E-state index contributed by atoms with van der Waals surface area (Å²) in [6, 6.07) is 10.8. The summed E-state index contributed by atoms with van der Waals surface area (Å²) >= 11 is 0. The van der Waals surface area contributed by atoms with Crippen molar-refractivity contribution in [1.82, 2.24) is 10.2 Å². The van der Waals surface area contributed by atoms with Crippen LogP contribution in [0.2, 0.25) is 0 Å². The molecule has 1 unspecified atom stereocenters. The highest BCUT2D eigenvalue weighted by molar-refractivity contribution is 14.0. The third kappa shape index (κ3) is 6.95. The third-order valence-corrected chi connectivity index (χ3v) is 4.81. The Morgan fingerprint density at radius 1 is 1.27 bits per heavy atom. The van der Waals surface area contributed by atoms with Gasteiger partial charge in [-0.2, -0.15) is 0 Å². The maximum Gasteiger partial charge on any atom is 0.193 e. The minimum Gasteiger partial charge on any atom is -0.378 e. The van der Waals surface area contributed by atoms with Crippen molar-refractivity contribution in [3.8, 4) is 0 Å². The van der Waals surface area contributed by atoms with E-state index in [2.05, 4.69) is 73.3 Å². The first-order valence-corrected chi connectivity index (χ1v) is 9.58. The van der Waals surface area contributed by atoms with Crippen molar-refractivity contribution in [1.29, 1.82) is 0 Å². The highest BCUT2D eigenvalue weighted by Gasteiger charge is 2.21. The van der Waals surface area contributed by atoms with Crippen molar-refractivity contribution in [3.63, 3.8) is 0 Å². The topological polar surface area (TPSA) is 40.1 Å². The minimum atomic E-state index is 0. The molecule has 5 nitrogen and oxygen atoms in total. The molecule has 0 aliphatic carbocycles. The summed E-state index contributed by atoms with van der Waals surface area (Å²) in [6.45, 7) is 10.9. The van der Waals surface area contributed by atoms with Gasteiger partial charge in [0.1, 0.15) is 0 Å². The first-order valence-electron chi connectivity index (χ1n) is 9.58. The normalized spacial score (nSPS) is 16.8. The van der Waals surface area contributed by atoms with E-state index in [0.29, 0.717) is 12.1 Å². The van der Waals surface area contributed by atoms with E-state index < -0.39 is 0 Å². The summed E-state index contributed by atoms with van der Waals surface area (Å²) in [7, 11) is 2.13. The molecular weight excluding hydrogens is 439 g/mol. The molecule has 148 valence electrons. The zero-order valence-electron chi connectivity index (χ0n) is 16.6. The van der Waals surface area contributed by atoms with Gasteiger partial charge in [-0.15, -0.1) is 24.0 Å². The van der Waals surface area contributed by atoms with E-state index in [1.54, 1.807) is 0 Å². The van der Waals surface area contributed by atoms with Crippen LogP contribution in [0.25, 0.3) is 0 Å². The summed E-state index contributed by atoms with van der Waals surface area (Å²) in [6.07, 6.45) is 2.57. The standard InChI is InChI=1S/C20H34N4O.HI/c1-5-21-20(24-14-12-19(13-15-24)25-6-2)22-16-17(3)23(4)18-10-8-7-9-11-18;/h7-11,17,19H,5-6,12-16H2,1-4H3,(H,21,22);1H. The summed E-state index contributed by atoms with van der Waals surface area (Å²) in [5.74, 6) is 1.03. The van der Waals surface area contributed by atoms with E-state index in [1.807, 2.05) is 0 Å². The molecule has 1 fully saturated rings. The molecule has 0 saturated carbocycles. The third-order valence-electron chi connectivity index (χ3n) is 4.81. The maximum absolute atomic E-state index is 5.76. The second-order valence-corrected chi connectivity index (χ2v) is 6.63. The van der Waals surface area contributed by atoms with Gasteiger partial charge < -0.3 is 19.9 Å². The van der Waals surface area contributed by atoms with Crippen molar-refractivity contribution >= 4 is 35.6 Å². The van der Waals surface area contributed by atoms with Crippen LogP contribution in [0.1, 0.15) is 33.6 Å². The predicted octanol–water partition coefficient (Wildman–Crippen LogP) is 3.60. The van der Waals surface area contributed by atoms with Gasteiger partial charge in [0, 0.05) is 45.0 Å². The van der Waals surface area contributed by atoms with E-state index in [1.165, 1.54) is 5.69 Å². The zero-order valence-corrected chi connectivity index (χ0v) is 19.0. The summed E-state index contributed by atoms with van der Waals surface area (Å²) in [4.78, 5) is 9.56. The van der Waals surface area contributed by atoms with Crippen LogP contribution in [0.4, 0.5) is 5.69 Å². The molecule has 1 aromatic carbocycles. The molecule has 2 rings (SSSR count). The van der Waals surface area contributed by atoms with Crippen molar-refractivity contribution in [3.05, 3.63) is 30.3 Å². The Bertz CT molecular complexity index is 518. The fourth-order valence-electron chi connectivity index (χ4n) is 3.15. The largest absolute Gasteiger partial charge is 0.378 e. The number of nitrogens with zero attached hydrogens (tertiary/aromatic N) is 3. The lowest BCUT2D eigenvalue weighted by molar-refractivity contribution is 0.0264. The summed E-state index contributed by atoms with van der Waals surface area (Å²) < 4.78 is 5.76. The maximum atomic E-state index is 5.76. The van der Waals surface area contributed by atoms with Gasteiger partial charge in [-0.3, -0.25) is 4.99 Å². The van der Waals surface area contributed by atoms with E-state index in [4.69, 9.17) is 9.73 Å². The van der Waals surface area contributed by atoms with Gasteiger partial charge in [-0.25, -0.2) is 0 Å². The Kier molecular flexibility index (Phi) is 11.0. The smallest absolute Gasteiger partial charge is 0.193 e. The van der Waals surface area contributed by atoms with Crippen molar-refractivity contribution in [2.75, 3.05) is 44.7 Å². The van der Waals surface area contributed by atoms with Gasteiger partial charge in [0.25, 0.3) is 0 Å². The first kappa shape index (κ1) is 23.0. The number of benzene rings is 1. The number of nitrogens with one attached hydrogen (secondary N) is 1. The van der Waals surface area contributed by atoms with Crippen LogP contribution in [-0.2, 0) is 4.74 Å². The second kappa shape index (κ2) is 12.4. The number of guanidine groups is 1. The lowest BCUT2D eigenvalue weighted by atomic mass is 10.1. The number of piperidine rings is 1. The molecule has 1 aliphatic heterocycles. The molecule has 1 aromatic rings. The number of ether oxygens (including phenoxy) is 1. The second-order valence-electron chi connectivity index (χ2n) is 6.63. The Morgan fingerprint density at radius 3 is 2.50 bits per heavy atom. The van der Waals surface area contributed by atoms with Crippen LogP contribution in [0.3, 0.4) is 0 Å². The number of likely N-dealkylation sites (N-methyl/N-ethyl adjacent to an activating group) is 1. The zero-order chi connectivity index (χ0) is 18.1. The number of halogens is 1. The van der Waals surface area contributed by atoms with Crippen LogP contribution in [-0.4, -0.2) is 62.8 Å². The molecule has 1 N–H and O–H groups in total. The van der Waals surface area contributed by atoms with Gasteiger partial charge in [0.15, 0.2) is 5.96 Å². The Balaban J connectivity index is 0.00000338. The molecule has 26 heavy (non-hydrogen) atoms. The first-order chi connectivity index (χ1) is 12.2. The van der Waals surface area contributed by atoms with Crippen LogP contribution in [0.5, 0.6) is 0 Å².